The summed E-state index contributed by atoms with van der Waals surface area (Å²) in [6, 6.07) is 21.1. The van der Waals surface area contributed by atoms with Crippen LogP contribution in [0.1, 0.15) is 62.1 Å². The SMILES string of the molecule is CCCCC1(CC)CS(=O)(=O)c2ccc(N(C)C)cc2[C@H](c2ccc(OCCOc3ccc(C)cc3)cc2)[C@H]1O. The highest BCUT2D eigenvalue weighted by molar-refractivity contribution is 7.91. The summed E-state index contributed by atoms with van der Waals surface area (Å²) in [5, 5.41) is 12.1. The average Bonchev–Trinajstić information content (AvgIpc) is 3.01. The molecule has 216 valence electrons. The van der Waals surface area contributed by atoms with Crippen molar-refractivity contribution in [1.29, 1.82) is 0 Å². The molecule has 0 amide bonds. The quantitative estimate of drug-likeness (QED) is 0.272. The first-order valence-electron chi connectivity index (χ1n) is 14.2. The van der Waals surface area contributed by atoms with Crippen molar-refractivity contribution in [2.75, 3.05) is 38.0 Å². The van der Waals surface area contributed by atoms with Gasteiger partial charge in [0.2, 0.25) is 0 Å². The Hall–Kier alpha value is -3.03. The van der Waals surface area contributed by atoms with E-state index in [4.69, 9.17) is 9.47 Å². The number of unbranched alkanes of at least 4 members (excludes halogenated alkanes) is 1. The van der Waals surface area contributed by atoms with Crippen molar-refractivity contribution in [3.63, 3.8) is 0 Å². The molecular weight excluding hydrogens is 522 g/mol. The van der Waals surface area contributed by atoms with E-state index in [0.717, 1.165) is 29.8 Å². The number of aliphatic hydroxyl groups is 1. The van der Waals surface area contributed by atoms with Crippen molar-refractivity contribution in [2.24, 2.45) is 5.41 Å². The van der Waals surface area contributed by atoms with Gasteiger partial charge in [0.1, 0.15) is 24.7 Å². The summed E-state index contributed by atoms with van der Waals surface area (Å²) < 4.78 is 39.3. The second-order valence-corrected chi connectivity index (χ2v) is 13.2. The van der Waals surface area contributed by atoms with Crippen molar-refractivity contribution in [3.8, 4) is 11.5 Å². The molecule has 1 N–H and O–H groups in total. The number of rotatable bonds is 11. The fourth-order valence-corrected chi connectivity index (χ4v) is 7.98. The highest BCUT2D eigenvalue weighted by Crippen LogP contribution is 2.49. The molecule has 0 saturated heterocycles. The lowest BCUT2D eigenvalue weighted by molar-refractivity contribution is 0.0174. The molecule has 40 heavy (non-hydrogen) atoms. The lowest BCUT2D eigenvalue weighted by atomic mass is 9.69. The molecule has 0 fully saturated rings. The number of benzene rings is 3. The van der Waals surface area contributed by atoms with E-state index in [0.29, 0.717) is 42.3 Å². The molecule has 0 spiro atoms. The molecule has 7 heteroatoms. The van der Waals surface area contributed by atoms with E-state index in [-0.39, 0.29) is 5.75 Å². The Morgan fingerprint density at radius 3 is 2.08 bits per heavy atom. The molecule has 0 aliphatic carbocycles. The van der Waals surface area contributed by atoms with Crippen LogP contribution in [0.5, 0.6) is 11.5 Å². The minimum Gasteiger partial charge on any atom is -0.490 e. The van der Waals surface area contributed by atoms with Gasteiger partial charge in [-0.25, -0.2) is 8.42 Å². The molecule has 1 aliphatic rings. The summed E-state index contributed by atoms with van der Waals surface area (Å²) in [5.74, 6) is 0.968. The second-order valence-electron chi connectivity index (χ2n) is 11.2. The Morgan fingerprint density at radius 2 is 1.52 bits per heavy atom. The topological polar surface area (TPSA) is 76.1 Å². The van der Waals surface area contributed by atoms with Gasteiger partial charge < -0.3 is 19.5 Å². The van der Waals surface area contributed by atoms with Crippen LogP contribution in [0.2, 0.25) is 0 Å². The predicted molar refractivity (Wildman–Crippen MR) is 162 cm³/mol. The molecule has 6 nitrogen and oxygen atoms in total. The summed E-state index contributed by atoms with van der Waals surface area (Å²) in [6.45, 7) is 6.95. The molecule has 0 radical (unpaired) electrons. The standard InChI is InChI=1S/C33H43NO5S/c1-6-8-19-33(7-2)23-40(36,37)30-18-13-26(34(4)5)22-29(30)31(32(33)35)25-11-16-28(17-12-25)39-21-20-38-27-14-9-24(3)10-15-27/h9-18,22,31-32,35H,6-8,19-21,23H2,1-5H3/t31-,32+,33?/m0/s1. The van der Waals surface area contributed by atoms with Gasteiger partial charge in [-0.2, -0.15) is 0 Å². The third-order valence-electron chi connectivity index (χ3n) is 8.21. The number of fused-ring (bicyclic) bond motifs is 1. The molecule has 1 aliphatic heterocycles. The number of hydrogen-bond donors (Lipinski definition) is 1. The van der Waals surface area contributed by atoms with Gasteiger partial charge in [-0.3, -0.25) is 0 Å². The largest absolute Gasteiger partial charge is 0.490 e. The van der Waals surface area contributed by atoms with Crippen molar-refractivity contribution in [1.82, 2.24) is 0 Å². The summed E-state index contributed by atoms with van der Waals surface area (Å²) in [5.41, 5.74) is 2.88. The number of hydrogen-bond acceptors (Lipinski definition) is 6. The van der Waals surface area contributed by atoms with Gasteiger partial charge in [-0.1, -0.05) is 56.5 Å². The van der Waals surface area contributed by atoms with Crippen LogP contribution in [-0.2, 0) is 9.84 Å². The van der Waals surface area contributed by atoms with Crippen LogP contribution in [0.3, 0.4) is 0 Å². The van der Waals surface area contributed by atoms with Crippen LogP contribution in [0.15, 0.2) is 71.6 Å². The molecular formula is C33H43NO5S. The Kier molecular flexibility index (Phi) is 9.47. The fourth-order valence-electron chi connectivity index (χ4n) is 5.73. The van der Waals surface area contributed by atoms with Gasteiger partial charge in [0.05, 0.1) is 16.8 Å². The molecule has 0 bridgehead atoms. The second kappa shape index (κ2) is 12.6. The maximum Gasteiger partial charge on any atom is 0.179 e. The maximum absolute atomic E-state index is 13.8. The molecule has 1 unspecified atom stereocenters. The molecule has 3 aromatic carbocycles. The summed E-state index contributed by atoms with van der Waals surface area (Å²) >= 11 is 0. The van der Waals surface area contributed by atoms with Crippen LogP contribution in [0.25, 0.3) is 0 Å². The maximum atomic E-state index is 13.8. The molecule has 3 aromatic rings. The van der Waals surface area contributed by atoms with E-state index >= 15 is 0 Å². The van der Waals surface area contributed by atoms with Crippen LogP contribution >= 0.6 is 0 Å². The lowest BCUT2D eigenvalue weighted by Crippen LogP contribution is -2.42. The summed E-state index contributed by atoms with van der Waals surface area (Å²) in [4.78, 5) is 2.28. The molecule has 0 saturated carbocycles. The van der Waals surface area contributed by atoms with E-state index < -0.39 is 27.3 Å². The van der Waals surface area contributed by atoms with Crippen molar-refractivity contribution < 1.29 is 23.0 Å². The number of anilines is 1. The van der Waals surface area contributed by atoms with E-state index in [2.05, 4.69) is 6.92 Å². The number of sulfone groups is 1. The fraction of sp³-hybridized carbons (Fsp3) is 0.455. The van der Waals surface area contributed by atoms with Gasteiger partial charge >= 0.3 is 0 Å². The molecule has 0 aromatic heterocycles. The minimum absolute atomic E-state index is 0.0509. The van der Waals surface area contributed by atoms with E-state index in [1.54, 1.807) is 6.07 Å². The summed E-state index contributed by atoms with van der Waals surface area (Å²) in [7, 11) is 0.260. The highest BCUT2D eigenvalue weighted by atomic mass is 32.2. The van der Waals surface area contributed by atoms with Crippen LogP contribution in [-0.4, -0.2) is 52.7 Å². The van der Waals surface area contributed by atoms with Gasteiger partial charge in [-0.15, -0.1) is 0 Å². The Balaban J connectivity index is 1.64. The third-order valence-corrected chi connectivity index (χ3v) is 10.2. The normalized spacial score (nSPS) is 21.8. The van der Waals surface area contributed by atoms with Crippen LogP contribution in [0, 0.1) is 12.3 Å². The van der Waals surface area contributed by atoms with Gasteiger partial charge in [0.25, 0.3) is 0 Å². The smallest absolute Gasteiger partial charge is 0.179 e. The van der Waals surface area contributed by atoms with Gasteiger partial charge in [0.15, 0.2) is 9.84 Å². The van der Waals surface area contributed by atoms with Gasteiger partial charge in [-0.05, 0) is 73.4 Å². The molecule has 4 rings (SSSR count). The van der Waals surface area contributed by atoms with E-state index in [1.807, 2.05) is 93.5 Å². The summed E-state index contributed by atoms with van der Waals surface area (Å²) in [6.07, 6.45) is 2.20. The number of ether oxygens (including phenoxy) is 2. The third kappa shape index (κ3) is 6.47. The molecule has 1 heterocycles. The molecule has 3 atom stereocenters. The Morgan fingerprint density at radius 1 is 0.925 bits per heavy atom. The van der Waals surface area contributed by atoms with E-state index in [1.165, 1.54) is 5.56 Å². The highest BCUT2D eigenvalue weighted by Gasteiger charge is 2.49. The van der Waals surface area contributed by atoms with Crippen LogP contribution < -0.4 is 14.4 Å². The predicted octanol–water partition coefficient (Wildman–Crippen LogP) is 6.39. The van der Waals surface area contributed by atoms with Crippen molar-refractivity contribution in [3.05, 3.63) is 83.4 Å². The van der Waals surface area contributed by atoms with Crippen LogP contribution in [0.4, 0.5) is 5.69 Å². The Bertz CT molecular complexity index is 1370. The Labute approximate surface area is 239 Å². The van der Waals surface area contributed by atoms with Crippen molar-refractivity contribution >= 4 is 15.5 Å². The van der Waals surface area contributed by atoms with Crippen molar-refractivity contribution in [2.45, 2.75) is 63.4 Å². The zero-order valence-electron chi connectivity index (χ0n) is 24.4. The first-order valence-corrected chi connectivity index (χ1v) is 15.9. The first kappa shape index (κ1) is 29.9. The number of nitrogens with zero attached hydrogens (tertiary/aromatic N) is 1. The lowest BCUT2D eigenvalue weighted by Gasteiger charge is -2.39. The van der Waals surface area contributed by atoms with E-state index in [9.17, 15) is 13.5 Å². The minimum atomic E-state index is -3.61. The van der Waals surface area contributed by atoms with Gasteiger partial charge in [0, 0.05) is 31.1 Å². The monoisotopic (exact) mass is 565 g/mol. The first-order chi connectivity index (χ1) is 19.1. The number of aliphatic hydroxyl groups excluding tert-OH is 1. The number of aryl methyl sites for hydroxylation is 1. The zero-order chi connectivity index (χ0) is 28.9. The zero-order valence-corrected chi connectivity index (χ0v) is 25.2. The average molecular weight is 566 g/mol.